The summed E-state index contributed by atoms with van der Waals surface area (Å²) in [5, 5.41) is 14.3. The van der Waals surface area contributed by atoms with Crippen LogP contribution in [-0.4, -0.2) is 53.9 Å². The quantitative estimate of drug-likeness (QED) is 0.185. The number of Topliss-reactive ketones (excluding diaryl/α,β-unsaturated/α-hetero) is 1. The number of piperidine rings is 1. The monoisotopic (exact) mass is 610 g/mol. The molecule has 236 valence electrons. The molecular weight excluding hydrogens is 568 g/mol. The number of ether oxygens (including phenoxy) is 2. The summed E-state index contributed by atoms with van der Waals surface area (Å²) in [5.41, 5.74) is 4.26. The van der Waals surface area contributed by atoms with Crippen molar-refractivity contribution in [2.45, 2.75) is 51.9 Å². The molecule has 0 aliphatic carbocycles. The molecule has 2 aromatic heterocycles. The molecule has 1 aliphatic rings. The van der Waals surface area contributed by atoms with Gasteiger partial charge in [0.15, 0.2) is 5.78 Å². The zero-order chi connectivity index (χ0) is 32.1. The molecule has 5 rings (SSSR count). The lowest BCUT2D eigenvalue weighted by atomic mass is 9.76. The van der Waals surface area contributed by atoms with Crippen LogP contribution < -0.4 is 25.4 Å². The Morgan fingerprint density at radius 3 is 2.33 bits per heavy atom. The van der Waals surface area contributed by atoms with Gasteiger partial charge in [0, 0.05) is 23.2 Å². The number of methoxy groups -OCH3 is 2. The summed E-state index contributed by atoms with van der Waals surface area (Å²) >= 11 is 0. The largest absolute Gasteiger partial charge is 0.481 e. The average molecular weight is 611 g/mol. The summed E-state index contributed by atoms with van der Waals surface area (Å²) in [6, 6.07) is 20.3. The zero-order valence-electron chi connectivity index (χ0n) is 26.8. The molecule has 1 atom stereocenters. The van der Waals surface area contributed by atoms with Gasteiger partial charge in [-0.15, -0.1) is 0 Å². The molecule has 10 nitrogen and oxygen atoms in total. The average Bonchev–Trinajstić information content (AvgIpc) is 3.46. The van der Waals surface area contributed by atoms with Gasteiger partial charge in [-0.3, -0.25) is 10.1 Å². The van der Waals surface area contributed by atoms with E-state index in [0.717, 1.165) is 48.4 Å². The number of amides is 2. The van der Waals surface area contributed by atoms with Crippen LogP contribution in [0.1, 0.15) is 66.7 Å². The number of nitrogens with zero attached hydrogens (tertiary/aromatic N) is 3. The lowest BCUT2D eigenvalue weighted by molar-refractivity contribution is 0.0912. The summed E-state index contributed by atoms with van der Waals surface area (Å²) in [7, 11) is 3.01. The molecule has 4 aromatic rings. The lowest BCUT2D eigenvalue weighted by Crippen LogP contribution is -2.34. The van der Waals surface area contributed by atoms with Gasteiger partial charge in [0.2, 0.25) is 11.8 Å². The third kappa shape index (κ3) is 7.17. The maximum atomic E-state index is 14.4. The number of carbonyl (C=O) groups excluding carboxylic acids is 2. The smallest absolute Gasteiger partial charge is 0.324 e. The first-order valence-corrected chi connectivity index (χ1v) is 15.3. The molecule has 2 amide bonds. The number of urea groups is 1. The summed E-state index contributed by atoms with van der Waals surface area (Å²) < 4.78 is 12.5. The predicted octanol–water partition coefficient (Wildman–Crippen LogP) is 6.50. The van der Waals surface area contributed by atoms with Gasteiger partial charge in [-0.1, -0.05) is 56.7 Å². The van der Waals surface area contributed by atoms with Crippen molar-refractivity contribution in [3.8, 4) is 17.4 Å². The molecule has 0 spiro atoms. The minimum absolute atomic E-state index is 0.0499. The number of rotatable bonds is 9. The number of hydrogen-bond donors (Lipinski definition) is 3. The van der Waals surface area contributed by atoms with Gasteiger partial charge in [-0.05, 0) is 68.6 Å². The molecule has 10 heteroatoms. The van der Waals surface area contributed by atoms with Crippen molar-refractivity contribution in [2.24, 2.45) is 5.92 Å². The molecule has 1 saturated heterocycles. The second-order valence-corrected chi connectivity index (χ2v) is 12.4. The third-order valence-corrected chi connectivity index (χ3v) is 8.18. The first-order valence-electron chi connectivity index (χ1n) is 15.3. The van der Waals surface area contributed by atoms with Gasteiger partial charge >= 0.3 is 6.03 Å². The van der Waals surface area contributed by atoms with Crippen molar-refractivity contribution in [1.82, 2.24) is 20.1 Å². The van der Waals surface area contributed by atoms with Gasteiger partial charge in [0.05, 0.1) is 37.1 Å². The van der Waals surface area contributed by atoms with E-state index in [0.29, 0.717) is 22.9 Å². The van der Waals surface area contributed by atoms with Crippen molar-refractivity contribution in [2.75, 3.05) is 37.9 Å². The normalized spacial score (nSPS) is 14.4. The molecule has 3 N–H and O–H groups in total. The van der Waals surface area contributed by atoms with Crippen molar-refractivity contribution >= 4 is 23.3 Å². The maximum absolute atomic E-state index is 14.4. The topological polar surface area (TPSA) is 119 Å². The summed E-state index contributed by atoms with van der Waals surface area (Å²) in [6.45, 7) is 9.89. The van der Waals surface area contributed by atoms with E-state index in [1.54, 1.807) is 16.8 Å². The molecule has 0 saturated carbocycles. The van der Waals surface area contributed by atoms with E-state index in [1.807, 2.05) is 61.5 Å². The SMILES string of the molecule is COc1ccc(C(=O)C(c2ccccc2NC(=O)Nc2cc(C(C)(C)C)nn2-c2ccc(C)cc2)C2CCNCC2)c(OC)n1. The Morgan fingerprint density at radius 2 is 1.67 bits per heavy atom. The minimum Gasteiger partial charge on any atom is -0.481 e. The van der Waals surface area contributed by atoms with Crippen LogP contribution in [0.25, 0.3) is 5.69 Å². The number of aromatic nitrogens is 3. The molecule has 3 heterocycles. The minimum atomic E-state index is -0.529. The fourth-order valence-electron chi connectivity index (χ4n) is 5.71. The molecule has 1 unspecified atom stereocenters. The van der Waals surface area contributed by atoms with Gasteiger partial charge in [0.1, 0.15) is 5.82 Å². The zero-order valence-corrected chi connectivity index (χ0v) is 26.8. The summed E-state index contributed by atoms with van der Waals surface area (Å²) in [4.78, 5) is 32.4. The Morgan fingerprint density at radius 1 is 0.956 bits per heavy atom. The van der Waals surface area contributed by atoms with Gasteiger partial charge in [-0.25, -0.2) is 9.48 Å². The van der Waals surface area contributed by atoms with Crippen LogP contribution in [0.15, 0.2) is 66.7 Å². The van der Waals surface area contributed by atoms with E-state index in [4.69, 9.17) is 14.6 Å². The number of pyridine rings is 1. The van der Waals surface area contributed by atoms with Crippen LogP contribution in [0, 0.1) is 12.8 Å². The van der Waals surface area contributed by atoms with E-state index < -0.39 is 11.9 Å². The lowest BCUT2D eigenvalue weighted by Gasteiger charge is -2.31. The second-order valence-electron chi connectivity index (χ2n) is 12.4. The van der Waals surface area contributed by atoms with E-state index in [-0.39, 0.29) is 23.0 Å². The van der Waals surface area contributed by atoms with Crippen molar-refractivity contribution in [3.63, 3.8) is 0 Å². The van der Waals surface area contributed by atoms with Crippen molar-refractivity contribution in [3.05, 3.63) is 89.1 Å². The van der Waals surface area contributed by atoms with Crippen LogP contribution in [-0.2, 0) is 5.41 Å². The highest BCUT2D eigenvalue weighted by Gasteiger charge is 2.35. The fourth-order valence-corrected chi connectivity index (χ4v) is 5.71. The molecular formula is C35H42N6O4. The van der Waals surface area contributed by atoms with Crippen molar-refractivity contribution in [1.29, 1.82) is 0 Å². The summed E-state index contributed by atoms with van der Waals surface area (Å²) in [6.07, 6.45) is 1.63. The third-order valence-electron chi connectivity index (χ3n) is 8.18. The van der Waals surface area contributed by atoms with E-state index in [9.17, 15) is 9.59 Å². The van der Waals surface area contributed by atoms with Gasteiger partial charge in [-0.2, -0.15) is 10.1 Å². The standard InChI is InChI=1S/C35H42N6O4/c1-22-11-13-24(14-12-22)41-29(21-28(40-41)35(2,3)4)38-34(43)37-27-10-8-7-9-25(27)31(23-17-19-36-20-18-23)32(42)26-15-16-30(44-5)39-33(26)45-6/h7-16,21,23,31,36H,17-20H2,1-6H3,(H2,37,38,43). The number of para-hydroxylation sites is 1. The highest BCUT2D eigenvalue weighted by atomic mass is 16.5. The van der Waals surface area contributed by atoms with Crippen LogP contribution in [0.4, 0.5) is 16.3 Å². The number of ketones is 1. The van der Waals surface area contributed by atoms with Gasteiger partial charge < -0.3 is 20.1 Å². The highest BCUT2D eigenvalue weighted by molar-refractivity contribution is 6.05. The summed E-state index contributed by atoms with van der Waals surface area (Å²) in [5.74, 6) is 0.516. The molecule has 0 bridgehead atoms. The number of nitrogens with one attached hydrogen (secondary N) is 3. The Bertz CT molecular complexity index is 1650. The van der Waals surface area contributed by atoms with E-state index in [2.05, 4.69) is 41.7 Å². The molecule has 1 aliphatic heterocycles. The number of benzene rings is 2. The maximum Gasteiger partial charge on any atom is 0.324 e. The Labute approximate surface area is 264 Å². The van der Waals surface area contributed by atoms with Crippen LogP contribution >= 0.6 is 0 Å². The molecule has 45 heavy (non-hydrogen) atoms. The number of aryl methyl sites for hydroxylation is 1. The first kappa shape index (κ1) is 31.7. The van der Waals surface area contributed by atoms with E-state index in [1.165, 1.54) is 14.2 Å². The molecule has 2 aromatic carbocycles. The van der Waals surface area contributed by atoms with Crippen LogP contribution in [0.2, 0.25) is 0 Å². The molecule has 1 fully saturated rings. The van der Waals surface area contributed by atoms with Crippen LogP contribution in [0.3, 0.4) is 0 Å². The predicted molar refractivity (Wildman–Crippen MR) is 176 cm³/mol. The Kier molecular flexibility index (Phi) is 9.53. The van der Waals surface area contributed by atoms with Crippen molar-refractivity contribution < 1.29 is 19.1 Å². The fraction of sp³-hybridized carbons (Fsp3) is 0.371. The highest BCUT2D eigenvalue weighted by Crippen LogP contribution is 2.39. The Balaban J connectivity index is 1.48. The molecule has 0 radical (unpaired) electrons. The van der Waals surface area contributed by atoms with Crippen LogP contribution in [0.5, 0.6) is 11.8 Å². The van der Waals surface area contributed by atoms with E-state index >= 15 is 0 Å². The number of carbonyl (C=O) groups is 2. The number of hydrogen-bond acceptors (Lipinski definition) is 7. The number of anilines is 2. The first-order chi connectivity index (χ1) is 21.6. The second kappa shape index (κ2) is 13.5. The Hall–Kier alpha value is -4.70. The van der Waals surface area contributed by atoms with Gasteiger partial charge in [0.25, 0.3) is 0 Å².